The van der Waals surface area contributed by atoms with Crippen LogP contribution in [0.4, 0.5) is 10.5 Å². The highest BCUT2D eigenvalue weighted by Crippen LogP contribution is 2.43. The van der Waals surface area contributed by atoms with Crippen molar-refractivity contribution in [2.75, 3.05) is 32.2 Å². The summed E-state index contributed by atoms with van der Waals surface area (Å²) in [5, 5.41) is 17.9. The van der Waals surface area contributed by atoms with Crippen LogP contribution in [0.15, 0.2) is 164 Å². The molecule has 676 valence electrons. The summed E-state index contributed by atoms with van der Waals surface area (Å²) >= 11 is 0. The predicted molar refractivity (Wildman–Crippen MR) is 517 cm³/mol. The van der Waals surface area contributed by atoms with E-state index >= 15 is 0 Å². The summed E-state index contributed by atoms with van der Waals surface area (Å²) in [5.41, 5.74) is 28.2. The fourth-order valence-corrected chi connectivity index (χ4v) is 21.1. The second-order valence-corrected chi connectivity index (χ2v) is 44.5. The van der Waals surface area contributed by atoms with Crippen molar-refractivity contribution in [3.8, 4) is 51.5 Å². The second kappa shape index (κ2) is 41.4. The van der Waals surface area contributed by atoms with Crippen LogP contribution < -0.4 is 29.3 Å². The normalized spacial score (nSPS) is 13.6. The molecule has 4 aliphatic rings. The van der Waals surface area contributed by atoms with Gasteiger partial charge in [-0.05, 0) is 257 Å². The molecule has 5 aromatic carbocycles. The van der Waals surface area contributed by atoms with Crippen LogP contribution in [0.25, 0.3) is 45.1 Å². The van der Waals surface area contributed by atoms with E-state index in [1.54, 1.807) is 48.9 Å². The number of methoxy groups -OCH3 is 1. The Balaban J connectivity index is 0.000000136. The van der Waals surface area contributed by atoms with E-state index in [1.807, 2.05) is 117 Å². The smallest absolute Gasteiger partial charge is 0.321 e. The molecule has 27 heteroatoms. The number of nitrogens with zero attached hydrogens (tertiary/aromatic N) is 18. The Hall–Kier alpha value is -11.9. The molecule has 2 amide bonds. The number of nitrogens with one attached hydrogen (secondary N) is 1. The van der Waals surface area contributed by atoms with Crippen molar-refractivity contribution in [3.63, 3.8) is 0 Å². The lowest BCUT2D eigenvalue weighted by molar-refractivity contribution is 0.247. The number of benzene rings is 5. The Labute approximate surface area is 758 Å². The van der Waals surface area contributed by atoms with Crippen LogP contribution >= 0.6 is 0 Å². The number of amides is 2. The number of urea groups is 1. The molecule has 14 aromatic rings. The molecule has 12 heterocycles. The summed E-state index contributed by atoms with van der Waals surface area (Å²) in [5.74, 6) is 7.58. The molecular weight excluding hydrogens is 1630 g/mol. The molecule has 0 saturated carbocycles. The summed E-state index contributed by atoms with van der Waals surface area (Å²) in [7, 11) is -0.120. The summed E-state index contributed by atoms with van der Waals surface area (Å²) in [6.07, 6.45) is 26.1. The number of anilines is 1. The first-order chi connectivity index (χ1) is 61.0. The zero-order chi connectivity index (χ0) is 92.3. The molecule has 25 nitrogen and oxygen atoms in total. The Kier molecular flexibility index (Phi) is 30.8. The van der Waals surface area contributed by atoms with Crippen molar-refractivity contribution < 1.29 is 27.6 Å². The number of aryl methyl sites for hydroxylation is 7. The van der Waals surface area contributed by atoms with Crippen LogP contribution in [0, 0.1) is 34.6 Å². The lowest BCUT2D eigenvalue weighted by Crippen LogP contribution is -2.42. The molecule has 1 aliphatic carbocycles. The molecule has 3 aliphatic heterocycles. The number of carbonyl (C=O) groups is 1. The Morgan fingerprint density at radius 1 is 0.508 bits per heavy atom. The highest BCUT2D eigenvalue weighted by atomic mass is 28.4. The second-order valence-electron chi connectivity index (χ2n) is 36.6. The molecule has 0 bridgehead atoms. The van der Waals surface area contributed by atoms with Crippen LogP contribution in [-0.2, 0) is 42.8 Å². The van der Waals surface area contributed by atoms with Crippen molar-refractivity contribution >= 4 is 44.5 Å². The minimum Gasteiger partial charge on any atom is -0.542 e. The van der Waals surface area contributed by atoms with Gasteiger partial charge in [0.15, 0.2) is 5.58 Å². The molecule has 0 atom stereocenters. The van der Waals surface area contributed by atoms with Crippen LogP contribution in [0.2, 0.25) is 26.2 Å². The topological polar surface area (TPSA) is 254 Å². The number of hydrogen-bond acceptors (Lipinski definition) is 17. The number of rotatable bonds is 17. The standard InChI is InChI=1S/2C16H22N2OSi.C15H17N3O.C14H19N3O.C14H17N3.C13H17N3O.C13H19N3O/c1-11(2)13-6-7-15(18-8-12(3)17-10-18)16-14(13)9-20(4,5)19-16;1-11(2)13-6-7-15(18-8-12(3)17-10-18)16-14(13)9-19-20(16,4)5;1-4-11-8-18(9-16-11)14-6-5-12(10(2)3)13-7-17-19-15(13)14;1-5-18-14-8-12(10(2)3)6-7-13(14)17-9-15-11(4)16-17;1-9(2)11-6-7-14(13-5-4-12(11)13)17-8-15-10(3)16-17;1-9(2)11-5-6-12(13(15-11)17-4)16-7-10(3)14-8-16;1-9(2)10-6-7-12-11(15-10)5-4-8-16(12)13(17)14-3/h2*6-8,10-11H,9H2,1-5H3;5-10H,4H2,1-3H3;6-10H,5H2,1-4H3;6-9H,4-5H2,1-3H3;5-9H,1-4H3;6-7,9H,4-5,8H2,1-3H3,(H,14,17). The molecular formula is C101H133N19O6Si2. The SMILES string of the molecule is CCOc1cc(C(C)C)ccc1-n1cnc(C)n1.CCc1cn(-c2ccc(C(C)C)c3cnoc23)cn1.CNC(=O)N1CCCc2nc(C(C)C)ccc21.COc1nc(C(C)C)ccc1-n1cnc(C)c1.Cc1cn(-c2ccc(C(C)C)c3c2O[Si](C)(C)C3)cn1.Cc1cn(-c2ccc(C(C)C)c3c2[Si](C)(C)OC3)cn1.Cc1ncn(-c2ccc(C(C)C)c3c2CC3)n1. The van der Waals surface area contributed by atoms with Crippen LogP contribution in [0.3, 0.4) is 0 Å². The zero-order valence-corrected chi connectivity index (χ0v) is 82.4. The van der Waals surface area contributed by atoms with E-state index in [4.69, 9.17) is 22.8 Å². The van der Waals surface area contributed by atoms with Crippen LogP contribution in [-0.4, -0.2) is 133 Å². The van der Waals surface area contributed by atoms with Gasteiger partial charge in [0.1, 0.15) is 47.2 Å². The third kappa shape index (κ3) is 22.1. The third-order valence-corrected chi connectivity index (χ3v) is 28.1. The maximum atomic E-state index is 11.7. The molecule has 9 aromatic heterocycles. The number of hydrogen-bond donors (Lipinski definition) is 1. The number of carbonyl (C=O) groups excluding carboxylic acids is 1. The van der Waals surface area contributed by atoms with Gasteiger partial charge in [-0.1, -0.05) is 139 Å². The average molecular weight is 1770 g/mol. The summed E-state index contributed by atoms with van der Waals surface area (Å²) < 4.78 is 40.8. The van der Waals surface area contributed by atoms with Gasteiger partial charge in [0.2, 0.25) is 22.5 Å². The van der Waals surface area contributed by atoms with Crippen molar-refractivity contribution in [1.29, 1.82) is 0 Å². The molecule has 0 spiro atoms. The van der Waals surface area contributed by atoms with E-state index in [9.17, 15) is 4.79 Å². The van der Waals surface area contributed by atoms with Gasteiger partial charge in [0, 0.05) is 66.9 Å². The Bertz CT molecular complexity index is 6130. The molecule has 0 fully saturated rings. The number of aromatic nitrogens is 17. The quantitative estimate of drug-likeness (QED) is 0.0831. The maximum Gasteiger partial charge on any atom is 0.321 e. The van der Waals surface area contributed by atoms with Crippen LogP contribution in [0.1, 0.15) is 260 Å². The monoisotopic (exact) mass is 1760 g/mol. The minimum absolute atomic E-state index is 0.0509. The number of ether oxygens (including phenoxy) is 2. The summed E-state index contributed by atoms with van der Waals surface area (Å²) in [6.45, 7) is 55.9. The van der Waals surface area contributed by atoms with Gasteiger partial charge in [-0.3, -0.25) is 9.88 Å². The van der Waals surface area contributed by atoms with Gasteiger partial charge in [-0.25, -0.2) is 49.0 Å². The molecule has 1 N–H and O–H groups in total. The maximum absolute atomic E-state index is 11.7. The minimum atomic E-state index is -1.80. The van der Waals surface area contributed by atoms with Gasteiger partial charge < -0.3 is 46.4 Å². The average Bonchev–Trinajstić information content (AvgIpc) is 1.02. The first-order valence-electron chi connectivity index (χ1n) is 45.3. The summed E-state index contributed by atoms with van der Waals surface area (Å²) in [4.78, 5) is 48.3. The first-order valence-corrected chi connectivity index (χ1v) is 51.3. The lowest BCUT2D eigenvalue weighted by Gasteiger charge is -2.28. The van der Waals surface area contributed by atoms with Gasteiger partial charge in [-0.15, -0.1) is 0 Å². The third-order valence-electron chi connectivity index (χ3n) is 23.5. The van der Waals surface area contributed by atoms with Gasteiger partial charge in [0.05, 0.1) is 103 Å². The van der Waals surface area contributed by atoms with Crippen molar-refractivity contribution in [3.05, 3.63) is 262 Å². The van der Waals surface area contributed by atoms with Gasteiger partial charge >= 0.3 is 6.03 Å². The Morgan fingerprint density at radius 3 is 1.54 bits per heavy atom. The van der Waals surface area contributed by atoms with E-state index in [1.165, 1.54) is 79.5 Å². The van der Waals surface area contributed by atoms with E-state index in [0.717, 1.165) is 141 Å². The highest BCUT2D eigenvalue weighted by molar-refractivity contribution is 6.86. The largest absolute Gasteiger partial charge is 0.542 e. The molecule has 128 heavy (non-hydrogen) atoms. The van der Waals surface area contributed by atoms with Crippen LogP contribution in [0.5, 0.6) is 17.4 Å². The van der Waals surface area contributed by atoms with Crippen molar-refractivity contribution in [2.45, 2.75) is 258 Å². The fourth-order valence-electron chi connectivity index (χ4n) is 16.6. The van der Waals surface area contributed by atoms with E-state index in [2.05, 4.69) is 273 Å². The summed E-state index contributed by atoms with van der Waals surface area (Å²) in [6, 6.07) is 32.9. The number of fused-ring (bicyclic) bond motifs is 5. The van der Waals surface area contributed by atoms with Gasteiger partial charge in [-0.2, -0.15) is 10.2 Å². The van der Waals surface area contributed by atoms with Crippen molar-refractivity contribution in [2.24, 2.45) is 0 Å². The van der Waals surface area contributed by atoms with E-state index in [0.29, 0.717) is 53.9 Å². The molecule has 0 radical (unpaired) electrons. The lowest BCUT2D eigenvalue weighted by atomic mass is 9.80. The fraction of sp³-hybridized carbons (Fsp3) is 0.426. The van der Waals surface area contributed by atoms with E-state index < -0.39 is 16.6 Å². The molecule has 0 unspecified atom stereocenters. The first kappa shape index (κ1) is 95.2. The van der Waals surface area contributed by atoms with Crippen molar-refractivity contribution in [1.82, 2.24) is 88.2 Å². The zero-order valence-electron chi connectivity index (χ0n) is 80.4. The van der Waals surface area contributed by atoms with E-state index in [-0.39, 0.29) is 6.03 Å². The highest BCUT2D eigenvalue weighted by Gasteiger charge is 2.40. The molecule has 18 rings (SSSR count). The number of pyridine rings is 2. The van der Waals surface area contributed by atoms with Gasteiger partial charge in [0.25, 0.3) is 0 Å². The number of imidazole rings is 4. The predicted octanol–water partition coefficient (Wildman–Crippen LogP) is 21.8. The molecule has 0 saturated heterocycles. The Morgan fingerprint density at radius 2 is 1.02 bits per heavy atom.